The zero-order chi connectivity index (χ0) is 26.5. The summed E-state index contributed by atoms with van der Waals surface area (Å²) in [6.45, 7) is 8.17. The molecule has 0 radical (unpaired) electrons. The van der Waals surface area contributed by atoms with Gasteiger partial charge in [-0.1, -0.05) is 43.8 Å². The summed E-state index contributed by atoms with van der Waals surface area (Å²) in [7, 11) is 0.446. The third-order valence-corrected chi connectivity index (χ3v) is 9.45. The van der Waals surface area contributed by atoms with Crippen LogP contribution in [0.15, 0.2) is 36.7 Å². The van der Waals surface area contributed by atoms with Crippen LogP contribution >= 0.6 is 11.3 Å². The van der Waals surface area contributed by atoms with Crippen LogP contribution in [-0.2, 0) is 4.74 Å². The van der Waals surface area contributed by atoms with Gasteiger partial charge in [0.25, 0.3) is 0 Å². The second-order valence-corrected chi connectivity index (χ2v) is 17.4. The quantitative estimate of drug-likeness (QED) is 0.120. The fraction of sp³-hybridized carbons (Fsp3) is 0.444. The molecule has 4 aromatic rings. The van der Waals surface area contributed by atoms with Crippen molar-refractivity contribution < 1.29 is 9.47 Å². The van der Waals surface area contributed by atoms with Gasteiger partial charge in [0.1, 0.15) is 23.2 Å². The summed E-state index contributed by atoms with van der Waals surface area (Å²) >= 11 is 1.66. The Hall–Kier alpha value is -3.15. The maximum atomic E-state index is 5.93. The van der Waals surface area contributed by atoms with Gasteiger partial charge >= 0.3 is 0 Å². The van der Waals surface area contributed by atoms with Crippen LogP contribution in [0, 0.1) is 0 Å². The number of pyridine rings is 3. The van der Waals surface area contributed by atoms with Crippen molar-refractivity contribution in [1.29, 1.82) is 0 Å². The standard InChI is InChI=1S/C27H35N7O2SSi/c1-35-25-21(10-7-11-28-25)31-19-14-23-22(29-16-19)15-20(24(32-23)30-17-36-12-13-38(2,3)4)27-34-33-26(37-27)18-8-5-6-9-18/h7,10-11,14-16,18,31H,5-6,8-9,12-13,17H2,1-4H3,(H,30,32). The smallest absolute Gasteiger partial charge is 0.237 e. The molecule has 9 nitrogen and oxygen atoms in total. The van der Waals surface area contributed by atoms with Crippen LogP contribution in [0.25, 0.3) is 21.6 Å². The molecule has 0 amide bonds. The highest BCUT2D eigenvalue weighted by Crippen LogP contribution is 2.39. The average molecular weight is 550 g/mol. The van der Waals surface area contributed by atoms with Gasteiger partial charge in [0.05, 0.1) is 35.6 Å². The molecule has 2 N–H and O–H groups in total. The Morgan fingerprint density at radius 1 is 1.08 bits per heavy atom. The molecule has 1 aliphatic carbocycles. The van der Waals surface area contributed by atoms with Gasteiger partial charge in [-0.15, -0.1) is 10.2 Å². The number of fused-ring (bicyclic) bond motifs is 1. The van der Waals surface area contributed by atoms with Gasteiger partial charge in [-0.3, -0.25) is 4.98 Å². The molecule has 1 fully saturated rings. The van der Waals surface area contributed by atoms with E-state index < -0.39 is 8.07 Å². The first-order valence-electron chi connectivity index (χ1n) is 13.1. The topological polar surface area (TPSA) is 107 Å². The van der Waals surface area contributed by atoms with Gasteiger partial charge in [-0.25, -0.2) is 9.97 Å². The lowest BCUT2D eigenvalue weighted by Crippen LogP contribution is -2.22. The number of aromatic nitrogens is 5. The van der Waals surface area contributed by atoms with E-state index in [1.165, 1.54) is 25.7 Å². The number of hydrogen-bond acceptors (Lipinski definition) is 10. The van der Waals surface area contributed by atoms with Gasteiger partial charge in [-0.05, 0) is 43.2 Å². The SMILES string of the molecule is COc1ncccc1Nc1cnc2cc(-c3nnc(C4CCCC4)s3)c(NCOCC[Si](C)(C)C)nc2c1. The van der Waals surface area contributed by atoms with Crippen molar-refractivity contribution in [2.24, 2.45) is 0 Å². The van der Waals surface area contributed by atoms with Crippen molar-refractivity contribution in [3.05, 3.63) is 41.7 Å². The molecule has 11 heteroatoms. The minimum absolute atomic E-state index is 0.378. The molecule has 1 aliphatic rings. The zero-order valence-electron chi connectivity index (χ0n) is 22.5. The van der Waals surface area contributed by atoms with Gasteiger partial charge in [0.2, 0.25) is 5.88 Å². The lowest BCUT2D eigenvalue weighted by molar-refractivity contribution is 0.165. The Morgan fingerprint density at radius 2 is 1.92 bits per heavy atom. The third kappa shape index (κ3) is 6.45. The highest BCUT2D eigenvalue weighted by Gasteiger charge is 2.23. The zero-order valence-corrected chi connectivity index (χ0v) is 24.3. The Balaban J connectivity index is 1.43. The first-order valence-corrected chi connectivity index (χ1v) is 17.6. The van der Waals surface area contributed by atoms with E-state index in [2.05, 4.69) is 45.5 Å². The normalized spacial score (nSPS) is 14.2. The summed E-state index contributed by atoms with van der Waals surface area (Å²) in [5, 5.41) is 17.8. The van der Waals surface area contributed by atoms with Crippen molar-refractivity contribution in [3.8, 4) is 16.5 Å². The number of anilines is 3. The van der Waals surface area contributed by atoms with E-state index in [4.69, 9.17) is 19.4 Å². The van der Waals surface area contributed by atoms with E-state index in [0.29, 0.717) is 18.5 Å². The van der Waals surface area contributed by atoms with Crippen molar-refractivity contribution in [2.45, 2.75) is 57.3 Å². The molecule has 4 aromatic heterocycles. The predicted octanol–water partition coefficient (Wildman–Crippen LogP) is 6.68. The van der Waals surface area contributed by atoms with E-state index in [0.717, 1.165) is 56.5 Å². The highest BCUT2D eigenvalue weighted by atomic mass is 32.1. The number of ether oxygens (including phenoxy) is 2. The van der Waals surface area contributed by atoms with E-state index in [-0.39, 0.29) is 0 Å². The maximum Gasteiger partial charge on any atom is 0.237 e. The summed E-state index contributed by atoms with van der Waals surface area (Å²) in [6.07, 6.45) is 8.41. The fourth-order valence-electron chi connectivity index (χ4n) is 4.47. The lowest BCUT2D eigenvalue weighted by Gasteiger charge is -2.16. The van der Waals surface area contributed by atoms with Gasteiger partial charge in [0.15, 0.2) is 5.01 Å². The third-order valence-electron chi connectivity index (χ3n) is 6.62. The molecule has 0 aliphatic heterocycles. The van der Waals surface area contributed by atoms with Gasteiger partial charge in [-0.2, -0.15) is 0 Å². The molecule has 4 heterocycles. The van der Waals surface area contributed by atoms with Crippen molar-refractivity contribution in [3.63, 3.8) is 0 Å². The largest absolute Gasteiger partial charge is 0.480 e. The Labute approximate surface area is 228 Å². The van der Waals surface area contributed by atoms with Crippen molar-refractivity contribution in [2.75, 3.05) is 31.1 Å². The number of nitrogens with zero attached hydrogens (tertiary/aromatic N) is 5. The molecule has 200 valence electrons. The van der Waals surface area contributed by atoms with Crippen molar-refractivity contribution in [1.82, 2.24) is 25.1 Å². The van der Waals surface area contributed by atoms with E-state index in [9.17, 15) is 0 Å². The molecule has 0 spiro atoms. The van der Waals surface area contributed by atoms with Crippen LogP contribution < -0.4 is 15.4 Å². The minimum Gasteiger partial charge on any atom is -0.480 e. The van der Waals surface area contributed by atoms with Crippen molar-refractivity contribution >= 4 is 47.6 Å². The number of nitrogens with one attached hydrogen (secondary N) is 2. The molecule has 0 unspecified atom stereocenters. The maximum absolute atomic E-state index is 5.93. The molecule has 0 aromatic carbocycles. The van der Waals surface area contributed by atoms with Crippen LogP contribution in [0.2, 0.25) is 25.7 Å². The molecular weight excluding hydrogens is 514 g/mol. The second-order valence-electron chi connectivity index (χ2n) is 10.8. The molecular formula is C27H35N7O2SSi. The average Bonchev–Trinajstić information content (AvgIpc) is 3.60. The minimum atomic E-state index is -1.16. The summed E-state index contributed by atoms with van der Waals surface area (Å²) in [5.74, 6) is 1.76. The Morgan fingerprint density at radius 3 is 2.71 bits per heavy atom. The van der Waals surface area contributed by atoms with Crippen LogP contribution in [0.4, 0.5) is 17.2 Å². The van der Waals surface area contributed by atoms with Crippen LogP contribution in [-0.4, -0.2) is 53.7 Å². The summed E-state index contributed by atoms with van der Waals surface area (Å²) in [6, 6.07) is 8.90. The number of methoxy groups -OCH3 is 1. The Kier molecular flexibility index (Phi) is 8.15. The summed E-state index contributed by atoms with van der Waals surface area (Å²) in [5.41, 5.74) is 3.99. The number of rotatable bonds is 11. The monoisotopic (exact) mass is 549 g/mol. The summed E-state index contributed by atoms with van der Waals surface area (Å²) in [4.78, 5) is 13.9. The van der Waals surface area contributed by atoms with E-state index in [1.807, 2.05) is 24.3 Å². The molecule has 0 atom stereocenters. The first kappa shape index (κ1) is 26.5. The molecule has 5 rings (SSSR count). The van der Waals surface area contributed by atoms with E-state index >= 15 is 0 Å². The fourth-order valence-corrected chi connectivity index (χ4v) is 6.26. The van der Waals surface area contributed by atoms with Gasteiger partial charge < -0.3 is 20.1 Å². The first-order chi connectivity index (χ1) is 18.4. The lowest BCUT2D eigenvalue weighted by atomic mass is 10.1. The number of hydrogen-bond donors (Lipinski definition) is 2. The molecule has 0 saturated heterocycles. The molecule has 0 bridgehead atoms. The van der Waals surface area contributed by atoms with E-state index in [1.54, 1.807) is 30.8 Å². The summed E-state index contributed by atoms with van der Waals surface area (Å²) < 4.78 is 11.3. The Bertz CT molecular complexity index is 1390. The highest BCUT2D eigenvalue weighted by molar-refractivity contribution is 7.14. The van der Waals surface area contributed by atoms with Crippen LogP contribution in [0.3, 0.4) is 0 Å². The predicted molar refractivity (Wildman–Crippen MR) is 156 cm³/mol. The molecule has 38 heavy (non-hydrogen) atoms. The van der Waals surface area contributed by atoms with Crippen LogP contribution in [0.1, 0.15) is 36.6 Å². The van der Waals surface area contributed by atoms with Crippen LogP contribution in [0.5, 0.6) is 5.88 Å². The second kappa shape index (κ2) is 11.7. The van der Waals surface area contributed by atoms with Gasteiger partial charge in [0, 0.05) is 26.8 Å². The molecule has 1 saturated carbocycles.